The second-order valence-corrected chi connectivity index (χ2v) is 6.94. The van der Waals surface area contributed by atoms with E-state index in [0.29, 0.717) is 41.7 Å². The summed E-state index contributed by atoms with van der Waals surface area (Å²) in [5, 5.41) is 4.04. The van der Waals surface area contributed by atoms with Crippen molar-refractivity contribution < 1.29 is 13.7 Å². The number of carbonyl (C=O) groups is 1. The monoisotopic (exact) mass is 401 g/mol. The van der Waals surface area contributed by atoms with Crippen LogP contribution >= 0.6 is 15.9 Å². The van der Waals surface area contributed by atoms with E-state index < -0.39 is 0 Å². The Bertz CT molecular complexity index is 918. The van der Waals surface area contributed by atoms with E-state index in [1.165, 1.54) is 5.56 Å². The summed E-state index contributed by atoms with van der Waals surface area (Å²) in [6.45, 7) is 3.26. The van der Waals surface area contributed by atoms with Gasteiger partial charge in [-0.25, -0.2) is 0 Å². The normalized spacial score (nSPS) is 17.4. The number of benzene rings is 1. The highest BCUT2D eigenvalue weighted by Crippen LogP contribution is 2.30. The number of aryl methyl sites for hydroxylation is 1. The Kier molecular flexibility index (Phi) is 4.17. The van der Waals surface area contributed by atoms with Crippen LogP contribution in [0.25, 0.3) is 11.7 Å². The van der Waals surface area contributed by atoms with Crippen LogP contribution in [0.2, 0.25) is 0 Å². The predicted octanol–water partition coefficient (Wildman–Crippen LogP) is 3.92. The third-order valence-corrected chi connectivity index (χ3v) is 4.85. The maximum absolute atomic E-state index is 12.4. The van der Waals surface area contributed by atoms with E-state index >= 15 is 0 Å². The summed E-state index contributed by atoms with van der Waals surface area (Å²) in [5.74, 6) is 1.42. The molecule has 1 saturated heterocycles. The zero-order valence-corrected chi connectivity index (χ0v) is 15.2. The van der Waals surface area contributed by atoms with Crippen molar-refractivity contribution in [2.24, 2.45) is 0 Å². The summed E-state index contributed by atoms with van der Waals surface area (Å²) in [4.78, 5) is 18.6. The molecule has 1 aliphatic heterocycles. The molecule has 2 aromatic heterocycles. The van der Waals surface area contributed by atoms with Gasteiger partial charge in [-0.3, -0.25) is 4.79 Å². The van der Waals surface area contributed by atoms with Crippen molar-refractivity contribution in [3.8, 4) is 11.7 Å². The SMILES string of the molecule is Cc1ccccc1CN1CC(c2noc(-c3ccc(Br)o3)n2)CC1=O. The first-order valence-electron chi connectivity index (χ1n) is 8.02. The third-order valence-electron chi connectivity index (χ3n) is 4.43. The third kappa shape index (κ3) is 3.24. The molecule has 3 heterocycles. The molecule has 4 rings (SSSR count). The Hall–Kier alpha value is -2.41. The van der Waals surface area contributed by atoms with Crippen LogP contribution in [-0.4, -0.2) is 27.5 Å². The molecule has 0 saturated carbocycles. The van der Waals surface area contributed by atoms with Crippen molar-refractivity contribution in [1.29, 1.82) is 0 Å². The molecule has 1 aromatic carbocycles. The first kappa shape index (κ1) is 16.1. The minimum Gasteiger partial charge on any atom is -0.444 e. The first-order chi connectivity index (χ1) is 12.1. The molecule has 0 radical (unpaired) electrons. The van der Waals surface area contributed by atoms with Gasteiger partial charge >= 0.3 is 0 Å². The lowest BCUT2D eigenvalue weighted by atomic mass is 10.1. The molecule has 3 aromatic rings. The van der Waals surface area contributed by atoms with Crippen LogP contribution in [0, 0.1) is 6.92 Å². The number of carbonyl (C=O) groups excluding carboxylic acids is 1. The van der Waals surface area contributed by atoms with Crippen LogP contribution < -0.4 is 0 Å². The van der Waals surface area contributed by atoms with Crippen LogP contribution in [0.1, 0.15) is 29.3 Å². The van der Waals surface area contributed by atoms with Crippen LogP contribution in [-0.2, 0) is 11.3 Å². The van der Waals surface area contributed by atoms with Gasteiger partial charge in [0.2, 0.25) is 5.91 Å². The fourth-order valence-electron chi connectivity index (χ4n) is 3.02. The van der Waals surface area contributed by atoms with Crippen molar-refractivity contribution in [1.82, 2.24) is 15.0 Å². The molecule has 0 spiro atoms. The van der Waals surface area contributed by atoms with Gasteiger partial charge in [-0.15, -0.1) is 0 Å². The van der Waals surface area contributed by atoms with Crippen LogP contribution in [0.4, 0.5) is 0 Å². The van der Waals surface area contributed by atoms with Gasteiger partial charge in [0, 0.05) is 25.4 Å². The fraction of sp³-hybridized carbons (Fsp3) is 0.278. The van der Waals surface area contributed by atoms with Gasteiger partial charge < -0.3 is 13.8 Å². The van der Waals surface area contributed by atoms with Gasteiger partial charge in [0.25, 0.3) is 5.89 Å². The highest BCUT2D eigenvalue weighted by atomic mass is 79.9. The summed E-state index contributed by atoms with van der Waals surface area (Å²) in [5.41, 5.74) is 2.34. The lowest BCUT2D eigenvalue weighted by Gasteiger charge is -2.17. The maximum Gasteiger partial charge on any atom is 0.293 e. The van der Waals surface area contributed by atoms with Gasteiger partial charge in [0.15, 0.2) is 16.3 Å². The summed E-state index contributed by atoms with van der Waals surface area (Å²) in [7, 11) is 0. The molecule has 0 bridgehead atoms. The zero-order valence-electron chi connectivity index (χ0n) is 13.6. The Morgan fingerprint density at radius 2 is 2.12 bits per heavy atom. The summed E-state index contributed by atoms with van der Waals surface area (Å²) in [6, 6.07) is 11.6. The number of hydrogen-bond acceptors (Lipinski definition) is 5. The van der Waals surface area contributed by atoms with Crippen molar-refractivity contribution in [2.75, 3.05) is 6.54 Å². The van der Waals surface area contributed by atoms with Crippen LogP contribution in [0.3, 0.4) is 0 Å². The highest BCUT2D eigenvalue weighted by molar-refractivity contribution is 9.10. The molecule has 0 aliphatic carbocycles. The van der Waals surface area contributed by atoms with Crippen molar-refractivity contribution in [3.05, 3.63) is 58.0 Å². The number of rotatable bonds is 4. The fourth-order valence-corrected chi connectivity index (χ4v) is 3.33. The van der Waals surface area contributed by atoms with E-state index in [1.807, 2.05) is 17.0 Å². The van der Waals surface area contributed by atoms with Gasteiger partial charge in [-0.05, 0) is 46.1 Å². The lowest BCUT2D eigenvalue weighted by Crippen LogP contribution is -2.24. The lowest BCUT2D eigenvalue weighted by molar-refractivity contribution is -0.128. The maximum atomic E-state index is 12.4. The summed E-state index contributed by atoms with van der Waals surface area (Å²) in [6.07, 6.45) is 0.396. The smallest absolute Gasteiger partial charge is 0.293 e. The molecule has 1 atom stereocenters. The quantitative estimate of drug-likeness (QED) is 0.662. The van der Waals surface area contributed by atoms with Crippen molar-refractivity contribution in [2.45, 2.75) is 25.8 Å². The molecule has 7 heteroatoms. The molecule has 6 nitrogen and oxygen atoms in total. The van der Waals surface area contributed by atoms with Crippen molar-refractivity contribution in [3.63, 3.8) is 0 Å². The average molecular weight is 402 g/mol. The van der Waals surface area contributed by atoms with E-state index in [-0.39, 0.29) is 11.8 Å². The van der Waals surface area contributed by atoms with Gasteiger partial charge in [0.1, 0.15) is 0 Å². The Labute approximate surface area is 152 Å². The minimum absolute atomic E-state index is 0.0626. The van der Waals surface area contributed by atoms with E-state index in [0.717, 1.165) is 5.56 Å². The number of amides is 1. The predicted molar refractivity (Wildman–Crippen MR) is 93.7 cm³/mol. The van der Waals surface area contributed by atoms with Crippen molar-refractivity contribution >= 4 is 21.8 Å². The van der Waals surface area contributed by atoms with Crippen LogP contribution in [0.5, 0.6) is 0 Å². The highest BCUT2D eigenvalue weighted by Gasteiger charge is 2.34. The topological polar surface area (TPSA) is 72.4 Å². The number of halogens is 1. The molecule has 1 fully saturated rings. The molecule has 0 N–H and O–H groups in total. The minimum atomic E-state index is -0.0626. The molecule has 1 amide bonds. The van der Waals surface area contributed by atoms with Gasteiger partial charge in [-0.1, -0.05) is 29.4 Å². The van der Waals surface area contributed by atoms with Gasteiger partial charge in [-0.2, -0.15) is 4.98 Å². The first-order valence-corrected chi connectivity index (χ1v) is 8.81. The number of hydrogen-bond donors (Lipinski definition) is 0. The largest absolute Gasteiger partial charge is 0.444 e. The molecule has 1 unspecified atom stereocenters. The molecular formula is C18H16BrN3O3. The number of furan rings is 1. The second kappa shape index (κ2) is 6.48. The van der Waals surface area contributed by atoms with E-state index in [4.69, 9.17) is 8.94 Å². The average Bonchev–Trinajstić information content (AvgIpc) is 3.30. The van der Waals surface area contributed by atoms with Gasteiger partial charge in [0.05, 0.1) is 0 Å². The molecular weight excluding hydrogens is 386 g/mol. The van der Waals surface area contributed by atoms with E-state index in [2.05, 4.69) is 45.1 Å². The Morgan fingerprint density at radius 1 is 1.28 bits per heavy atom. The molecule has 25 heavy (non-hydrogen) atoms. The Morgan fingerprint density at radius 3 is 2.88 bits per heavy atom. The zero-order chi connectivity index (χ0) is 17.4. The number of aromatic nitrogens is 2. The second-order valence-electron chi connectivity index (χ2n) is 6.16. The summed E-state index contributed by atoms with van der Waals surface area (Å²) >= 11 is 3.25. The number of nitrogens with zero attached hydrogens (tertiary/aromatic N) is 3. The van der Waals surface area contributed by atoms with E-state index in [1.54, 1.807) is 12.1 Å². The standard InChI is InChI=1S/C18H16BrN3O3/c1-11-4-2-3-5-12(11)9-22-10-13(8-16(22)23)17-20-18(25-21-17)14-6-7-15(19)24-14/h2-7,13H,8-10H2,1H3. The van der Waals surface area contributed by atoms with Crippen LogP contribution in [0.15, 0.2) is 50.0 Å². The Balaban J connectivity index is 1.49. The number of likely N-dealkylation sites (tertiary alicyclic amines) is 1. The molecule has 1 aliphatic rings. The molecule has 128 valence electrons. The van der Waals surface area contributed by atoms with E-state index in [9.17, 15) is 4.79 Å². The summed E-state index contributed by atoms with van der Waals surface area (Å²) < 4.78 is 11.3.